The van der Waals surface area contributed by atoms with E-state index in [9.17, 15) is 0 Å². The second-order valence-corrected chi connectivity index (χ2v) is 4.44. The largest absolute Gasteiger partial charge is 0.493 e. The van der Waals surface area contributed by atoms with Crippen LogP contribution in [0.3, 0.4) is 0 Å². The lowest BCUT2D eigenvalue weighted by Crippen LogP contribution is -2.12. The SMILES string of the molecule is CCCOc1cc(C)c2c(c1)OCCCCN2. The second kappa shape index (κ2) is 5.80. The lowest BCUT2D eigenvalue weighted by atomic mass is 10.1. The predicted octanol–water partition coefficient (Wildman–Crippen LogP) is 3.37. The third kappa shape index (κ3) is 3.05. The molecule has 1 heterocycles. The average molecular weight is 235 g/mol. The number of anilines is 1. The molecule has 0 amide bonds. The van der Waals surface area contributed by atoms with E-state index in [0.717, 1.165) is 56.2 Å². The summed E-state index contributed by atoms with van der Waals surface area (Å²) in [7, 11) is 0. The van der Waals surface area contributed by atoms with Crippen molar-refractivity contribution in [1.29, 1.82) is 0 Å². The van der Waals surface area contributed by atoms with Gasteiger partial charge >= 0.3 is 0 Å². The van der Waals surface area contributed by atoms with Crippen LogP contribution in [0.1, 0.15) is 31.7 Å². The molecule has 3 nitrogen and oxygen atoms in total. The normalized spacial score (nSPS) is 14.9. The van der Waals surface area contributed by atoms with Gasteiger partial charge in [0.15, 0.2) is 0 Å². The van der Waals surface area contributed by atoms with Gasteiger partial charge in [0.25, 0.3) is 0 Å². The second-order valence-electron chi connectivity index (χ2n) is 4.44. The van der Waals surface area contributed by atoms with Gasteiger partial charge in [0.2, 0.25) is 0 Å². The van der Waals surface area contributed by atoms with Crippen LogP contribution < -0.4 is 14.8 Å². The van der Waals surface area contributed by atoms with E-state index in [2.05, 4.69) is 25.2 Å². The van der Waals surface area contributed by atoms with Gasteiger partial charge in [-0.25, -0.2) is 0 Å². The summed E-state index contributed by atoms with van der Waals surface area (Å²) in [6.07, 6.45) is 3.29. The van der Waals surface area contributed by atoms with Crippen molar-refractivity contribution < 1.29 is 9.47 Å². The lowest BCUT2D eigenvalue weighted by Gasteiger charge is -2.20. The van der Waals surface area contributed by atoms with Crippen molar-refractivity contribution in [3.63, 3.8) is 0 Å². The van der Waals surface area contributed by atoms with E-state index in [-0.39, 0.29) is 0 Å². The summed E-state index contributed by atoms with van der Waals surface area (Å²) in [4.78, 5) is 0. The number of nitrogens with one attached hydrogen (secondary N) is 1. The van der Waals surface area contributed by atoms with Crippen molar-refractivity contribution in [3.8, 4) is 11.5 Å². The first kappa shape index (κ1) is 12.1. The minimum atomic E-state index is 0.756. The quantitative estimate of drug-likeness (QED) is 0.871. The molecule has 0 atom stereocenters. The van der Waals surface area contributed by atoms with Gasteiger partial charge in [-0.15, -0.1) is 0 Å². The topological polar surface area (TPSA) is 30.5 Å². The van der Waals surface area contributed by atoms with Crippen molar-refractivity contribution in [3.05, 3.63) is 17.7 Å². The van der Waals surface area contributed by atoms with Crippen LogP contribution >= 0.6 is 0 Å². The van der Waals surface area contributed by atoms with E-state index in [1.54, 1.807) is 0 Å². The maximum Gasteiger partial charge on any atom is 0.146 e. The maximum atomic E-state index is 5.79. The molecule has 17 heavy (non-hydrogen) atoms. The molecule has 0 aromatic heterocycles. The molecule has 0 aliphatic carbocycles. The van der Waals surface area contributed by atoms with Crippen LogP contribution in [-0.2, 0) is 0 Å². The number of hydrogen-bond acceptors (Lipinski definition) is 3. The van der Waals surface area contributed by atoms with Crippen LogP contribution in [0.4, 0.5) is 5.69 Å². The van der Waals surface area contributed by atoms with Crippen LogP contribution in [0.5, 0.6) is 11.5 Å². The lowest BCUT2D eigenvalue weighted by molar-refractivity contribution is 0.295. The van der Waals surface area contributed by atoms with Gasteiger partial charge in [-0.1, -0.05) is 6.92 Å². The number of ether oxygens (including phenoxy) is 2. The van der Waals surface area contributed by atoms with Gasteiger partial charge in [0, 0.05) is 12.6 Å². The Bertz CT molecular complexity index is 377. The smallest absolute Gasteiger partial charge is 0.146 e. The van der Waals surface area contributed by atoms with Gasteiger partial charge in [-0.2, -0.15) is 0 Å². The zero-order valence-corrected chi connectivity index (χ0v) is 10.7. The van der Waals surface area contributed by atoms with E-state index in [0.29, 0.717) is 0 Å². The summed E-state index contributed by atoms with van der Waals surface area (Å²) < 4.78 is 11.5. The number of benzene rings is 1. The number of rotatable bonds is 3. The summed E-state index contributed by atoms with van der Waals surface area (Å²) in [6, 6.07) is 4.07. The van der Waals surface area contributed by atoms with Crippen LogP contribution in [0.15, 0.2) is 12.1 Å². The first-order valence-electron chi connectivity index (χ1n) is 6.45. The molecule has 2 rings (SSSR count). The molecule has 1 aliphatic rings. The Kier molecular flexibility index (Phi) is 4.13. The Morgan fingerprint density at radius 1 is 1.35 bits per heavy atom. The van der Waals surface area contributed by atoms with Gasteiger partial charge in [-0.3, -0.25) is 0 Å². The monoisotopic (exact) mass is 235 g/mol. The summed E-state index contributed by atoms with van der Waals surface area (Å²) >= 11 is 0. The molecule has 1 aromatic rings. The summed E-state index contributed by atoms with van der Waals surface area (Å²) in [5, 5.41) is 3.44. The van der Waals surface area contributed by atoms with E-state index in [1.165, 1.54) is 5.56 Å². The number of aryl methyl sites for hydroxylation is 1. The molecule has 1 N–H and O–H groups in total. The molecule has 1 aromatic carbocycles. The molecule has 0 bridgehead atoms. The van der Waals surface area contributed by atoms with Crippen molar-refractivity contribution in [2.75, 3.05) is 25.1 Å². The van der Waals surface area contributed by atoms with E-state index < -0.39 is 0 Å². The highest BCUT2D eigenvalue weighted by atomic mass is 16.5. The molecule has 3 heteroatoms. The van der Waals surface area contributed by atoms with Gasteiger partial charge in [-0.05, 0) is 37.8 Å². The van der Waals surface area contributed by atoms with Crippen molar-refractivity contribution in [2.45, 2.75) is 33.1 Å². The average Bonchev–Trinajstić information content (AvgIpc) is 2.28. The minimum absolute atomic E-state index is 0.756. The third-order valence-electron chi connectivity index (χ3n) is 2.88. The number of fused-ring (bicyclic) bond motifs is 1. The van der Waals surface area contributed by atoms with E-state index >= 15 is 0 Å². The standard InChI is InChI=1S/C14H21NO2/c1-3-7-16-12-9-11(2)14-13(10-12)17-8-5-4-6-15-14/h9-10,15H,3-8H2,1-2H3. The molecule has 0 radical (unpaired) electrons. The van der Waals surface area contributed by atoms with Crippen LogP contribution in [0, 0.1) is 6.92 Å². The molecule has 0 saturated carbocycles. The predicted molar refractivity (Wildman–Crippen MR) is 70.2 cm³/mol. The summed E-state index contributed by atoms with van der Waals surface area (Å²) in [5.74, 6) is 1.83. The number of hydrogen-bond donors (Lipinski definition) is 1. The third-order valence-corrected chi connectivity index (χ3v) is 2.88. The first-order valence-corrected chi connectivity index (χ1v) is 6.45. The Morgan fingerprint density at radius 2 is 2.24 bits per heavy atom. The van der Waals surface area contributed by atoms with Crippen LogP contribution in [-0.4, -0.2) is 19.8 Å². The molecule has 0 saturated heterocycles. The Morgan fingerprint density at radius 3 is 3.06 bits per heavy atom. The molecule has 1 aliphatic heterocycles. The van der Waals surface area contributed by atoms with Crippen molar-refractivity contribution in [2.24, 2.45) is 0 Å². The first-order chi connectivity index (χ1) is 8.31. The summed E-state index contributed by atoms with van der Waals surface area (Å²) in [6.45, 7) is 6.78. The van der Waals surface area contributed by atoms with Gasteiger partial charge < -0.3 is 14.8 Å². The summed E-state index contributed by atoms with van der Waals surface area (Å²) in [5.41, 5.74) is 2.31. The fraction of sp³-hybridized carbons (Fsp3) is 0.571. The van der Waals surface area contributed by atoms with Crippen LogP contribution in [0.2, 0.25) is 0 Å². The highest BCUT2D eigenvalue weighted by molar-refractivity contribution is 5.64. The van der Waals surface area contributed by atoms with Crippen molar-refractivity contribution >= 4 is 5.69 Å². The highest BCUT2D eigenvalue weighted by Crippen LogP contribution is 2.34. The van der Waals surface area contributed by atoms with Crippen LogP contribution in [0.25, 0.3) is 0 Å². The van der Waals surface area contributed by atoms with Gasteiger partial charge in [0.1, 0.15) is 11.5 Å². The van der Waals surface area contributed by atoms with E-state index in [4.69, 9.17) is 9.47 Å². The van der Waals surface area contributed by atoms with E-state index in [1.807, 2.05) is 6.07 Å². The molecule has 0 unspecified atom stereocenters. The Hall–Kier alpha value is -1.38. The fourth-order valence-electron chi connectivity index (χ4n) is 1.99. The Labute approximate surface area is 103 Å². The zero-order valence-electron chi connectivity index (χ0n) is 10.7. The van der Waals surface area contributed by atoms with Gasteiger partial charge in [0.05, 0.1) is 18.9 Å². The van der Waals surface area contributed by atoms with Crippen molar-refractivity contribution in [1.82, 2.24) is 0 Å². The maximum absolute atomic E-state index is 5.79. The molecule has 0 fully saturated rings. The molecular weight excluding hydrogens is 214 g/mol. The fourth-order valence-corrected chi connectivity index (χ4v) is 1.99. The minimum Gasteiger partial charge on any atom is -0.493 e. The highest BCUT2D eigenvalue weighted by Gasteiger charge is 2.12. The zero-order chi connectivity index (χ0) is 12.1. The molecule has 0 spiro atoms. The molecule has 94 valence electrons. The molecular formula is C14H21NO2. The Balaban J connectivity index is 2.23.